The van der Waals surface area contributed by atoms with Crippen molar-refractivity contribution in [2.75, 3.05) is 5.73 Å². The normalized spacial score (nSPS) is 10.6. The Morgan fingerprint density at radius 2 is 2.21 bits per heavy atom. The molecule has 0 aliphatic carbocycles. The van der Waals surface area contributed by atoms with E-state index in [0.717, 1.165) is 11.0 Å². The third-order valence-corrected chi connectivity index (χ3v) is 3.88. The lowest BCUT2D eigenvalue weighted by Gasteiger charge is -2.08. The van der Waals surface area contributed by atoms with E-state index in [-0.39, 0.29) is 11.3 Å². The molecule has 1 aromatic heterocycles. The molecule has 0 spiro atoms. The number of anilines is 1. The van der Waals surface area contributed by atoms with Gasteiger partial charge in [-0.3, -0.25) is 0 Å². The number of aromatic nitrogens is 3. The first-order valence-electron chi connectivity index (χ1n) is 5.60. The summed E-state index contributed by atoms with van der Waals surface area (Å²) in [6.45, 7) is 1.86. The number of carboxylic acid groups (broad SMARTS) is 1. The molecule has 0 unspecified atom stereocenters. The molecule has 0 atom stereocenters. The second-order valence-electron chi connectivity index (χ2n) is 4.06. The van der Waals surface area contributed by atoms with Crippen molar-refractivity contribution < 1.29 is 9.90 Å². The van der Waals surface area contributed by atoms with Crippen molar-refractivity contribution >= 4 is 23.4 Å². The van der Waals surface area contributed by atoms with Crippen LogP contribution in [0.25, 0.3) is 0 Å². The van der Waals surface area contributed by atoms with Crippen LogP contribution in [0.4, 0.5) is 5.69 Å². The first-order valence-corrected chi connectivity index (χ1v) is 6.58. The lowest BCUT2D eigenvalue weighted by Crippen LogP contribution is -2.06. The summed E-state index contributed by atoms with van der Waals surface area (Å²) in [5.41, 5.74) is 6.82. The Bertz CT molecular complexity index is 624. The third kappa shape index (κ3) is 2.70. The van der Waals surface area contributed by atoms with Crippen molar-refractivity contribution in [1.29, 1.82) is 0 Å². The van der Waals surface area contributed by atoms with E-state index in [9.17, 15) is 9.90 Å². The molecule has 2 rings (SSSR count). The molecule has 3 N–H and O–H groups in total. The molecule has 1 heterocycles. The minimum absolute atomic E-state index is 0.161. The molecular formula is C12H14N4O2S. The number of thioether (sulfide) groups is 1. The highest BCUT2D eigenvalue weighted by Gasteiger charge is 2.15. The van der Waals surface area contributed by atoms with Gasteiger partial charge < -0.3 is 15.4 Å². The van der Waals surface area contributed by atoms with Crippen LogP contribution in [0.5, 0.6) is 0 Å². The second kappa shape index (κ2) is 5.31. The van der Waals surface area contributed by atoms with Gasteiger partial charge in [-0.1, -0.05) is 23.9 Å². The Morgan fingerprint density at radius 1 is 1.47 bits per heavy atom. The standard InChI is InChI=1S/C12H14N4O2S/c1-7-14-15-12(16(7)2)19-6-8-4-3-5-9(13)10(8)11(17)18/h3-5H,6,13H2,1-2H3,(H,17,18). The Kier molecular flexibility index (Phi) is 3.75. The van der Waals surface area contributed by atoms with Gasteiger partial charge in [0.05, 0.1) is 5.56 Å². The van der Waals surface area contributed by atoms with Crippen LogP contribution in [0.3, 0.4) is 0 Å². The number of benzene rings is 1. The monoisotopic (exact) mass is 278 g/mol. The van der Waals surface area contributed by atoms with Crippen LogP contribution in [-0.4, -0.2) is 25.8 Å². The number of rotatable bonds is 4. The van der Waals surface area contributed by atoms with Gasteiger partial charge >= 0.3 is 5.97 Å². The van der Waals surface area contributed by atoms with Crippen LogP contribution in [-0.2, 0) is 12.8 Å². The van der Waals surface area contributed by atoms with Gasteiger partial charge in [0.2, 0.25) is 0 Å². The van der Waals surface area contributed by atoms with Crippen LogP contribution in [0, 0.1) is 6.92 Å². The summed E-state index contributed by atoms with van der Waals surface area (Å²) >= 11 is 1.43. The summed E-state index contributed by atoms with van der Waals surface area (Å²) < 4.78 is 1.86. The molecule has 0 aliphatic heterocycles. The maximum Gasteiger partial charge on any atom is 0.338 e. The Balaban J connectivity index is 2.23. The van der Waals surface area contributed by atoms with Gasteiger partial charge in [-0.15, -0.1) is 10.2 Å². The number of nitrogens with zero attached hydrogens (tertiary/aromatic N) is 3. The molecule has 0 aliphatic rings. The zero-order valence-corrected chi connectivity index (χ0v) is 11.4. The molecule has 100 valence electrons. The molecule has 0 radical (unpaired) electrons. The van der Waals surface area contributed by atoms with Crippen molar-refractivity contribution in [2.45, 2.75) is 17.8 Å². The maximum absolute atomic E-state index is 11.2. The molecule has 0 amide bonds. The van der Waals surface area contributed by atoms with Gasteiger partial charge in [-0.25, -0.2) is 4.79 Å². The van der Waals surface area contributed by atoms with Gasteiger partial charge in [-0.05, 0) is 18.6 Å². The van der Waals surface area contributed by atoms with E-state index < -0.39 is 5.97 Å². The zero-order valence-electron chi connectivity index (χ0n) is 10.6. The van der Waals surface area contributed by atoms with Gasteiger partial charge in [-0.2, -0.15) is 0 Å². The van der Waals surface area contributed by atoms with E-state index in [0.29, 0.717) is 11.3 Å². The summed E-state index contributed by atoms with van der Waals surface area (Å²) in [5, 5.41) is 17.9. The molecular weight excluding hydrogens is 264 g/mol. The van der Waals surface area contributed by atoms with Gasteiger partial charge in [0.15, 0.2) is 5.16 Å². The van der Waals surface area contributed by atoms with E-state index in [1.54, 1.807) is 18.2 Å². The van der Waals surface area contributed by atoms with Gasteiger partial charge in [0, 0.05) is 18.5 Å². The van der Waals surface area contributed by atoms with Crippen molar-refractivity contribution in [1.82, 2.24) is 14.8 Å². The topological polar surface area (TPSA) is 94.0 Å². The maximum atomic E-state index is 11.2. The highest BCUT2D eigenvalue weighted by Crippen LogP contribution is 2.25. The summed E-state index contributed by atoms with van der Waals surface area (Å²) in [7, 11) is 1.87. The Labute approximate surface area is 114 Å². The second-order valence-corrected chi connectivity index (χ2v) is 5.01. The van der Waals surface area contributed by atoms with Crippen molar-refractivity contribution in [3.63, 3.8) is 0 Å². The fourth-order valence-corrected chi connectivity index (χ4v) is 2.61. The highest BCUT2D eigenvalue weighted by atomic mass is 32.2. The molecule has 1 aromatic carbocycles. The lowest BCUT2D eigenvalue weighted by atomic mass is 10.1. The molecule has 6 nitrogen and oxygen atoms in total. The molecule has 0 bridgehead atoms. The predicted octanol–water partition coefficient (Wildman–Crippen LogP) is 1.70. The quantitative estimate of drug-likeness (QED) is 0.653. The largest absolute Gasteiger partial charge is 0.478 e. The van der Waals surface area contributed by atoms with Crippen molar-refractivity contribution in [3.8, 4) is 0 Å². The van der Waals surface area contributed by atoms with E-state index in [4.69, 9.17) is 5.73 Å². The summed E-state index contributed by atoms with van der Waals surface area (Å²) in [6.07, 6.45) is 0. The molecule has 2 aromatic rings. The number of nitrogens with two attached hydrogens (primary N) is 1. The van der Waals surface area contributed by atoms with E-state index in [2.05, 4.69) is 10.2 Å². The van der Waals surface area contributed by atoms with Crippen LogP contribution >= 0.6 is 11.8 Å². The van der Waals surface area contributed by atoms with E-state index in [1.165, 1.54) is 11.8 Å². The first-order chi connectivity index (χ1) is 9.00. The van der Waals surface area contributed by atoms with Crippen LogP contribution < -0.4 is 5.73 Å². The lowest BCUT2D eigenvalue weighted by molar-refractivity contribution is 0.0697. The van der Waals surface area contributed by atoms with Crippen LogP contribution in [0.15, 0.2) is 23.4 Å². The third-order valence-electron chi connectivity index (χ3n) is 2.81. The minimum Gasteiger partial charge on any atom is -0.478 e. The predicted molar refractivity (Wildman–Crippen MR) is 73.1 cm³/mol. The van der Waals surface area contributed by atoms with Crippen LogP contribution in [0.1, 0.15) is 21.7 Å². The number of hydrogen-bond acceptors (Lipinski definition) is 5. The van der Waals surface area contributed by atoms with Gasteiger partial charge in [0.1, 0.15) is 5.82 Å². The van der Waals surface area contributed by atoms with Crippen molar-refractivity contribution in [2.24, 2.45) is 7.05 Å². The average molecular weight is 278 g/mol. The highest BCUT2D eigenvalue weighted by molar-refractivity contribution is 7.98. The van der Waals surface area contributed by atoms with Gasteiger partial charge in [0.25, 0.3) is 0 Å². The van der Waals surface area contributed by atoms with E-state index >= 15 is 0 Å². The number of nitrogen functional groups attached to an aromatic ring is 1. The van der Waals surface area contributed by atoms with Crippen molar-refractivity contribution in [3.05, 3.63) is 35.2 Å². The number of hydrogen-bond donors (Lipinski definition) is 2. The molecule has 7 heteroatoms. The summed E-state index contributed by atoms with van der Waals surface area (Å²) in [6, 6.07) is 5.10. The number of aromatic carboxylic acids is 1. The number of aryl methyl sites for hydroxylation is 1. The average Bonchev–Trinajstić information content (AvgIpc) is 2.67. The molecule has 0 saturated heterocycles. The zero-order chi connectivity index (χ0) is 14.0. The number of carboxylic acids is 1. The fourth-order valence-electron chi connectivity index (χ4n) is 1.66. The minimum atomic E-state index is -1.01. The fraction of sp³-hybridized carbons (Fsp3) is 0.250. The molecule has 0 saturated carbocycles. The Hall–Kier alpha value is -2.02. The van der Waals surface area contributed by atoms with Crippen LogP contribution in [0.2, 0.25) is 0 Å². The Morgan fingerprint density at radius 3 is 2.79 bits per heavy atom. The summed E-state index contributed by atoms with van der Waals surface area (Å²) in [4.78, 5) is 11.2. The van der Waals surface area contributed by atoms with E-state index in [1.807, 2.05) is 18.5 Å². The SMILES string of the molecule is Cc1nnc(SCc2cccc(N)c2C(=O)O)n1C. The molecule has 0 fully saturated rings. The summed E-state index contributed by atoms with van der Waals surface area (Å²) in [5.74, 6) is 0.287. The number of carbonyl (C=O) groups is 1. The molecule has 19 heavy (non-hydrogen) atoms. The smallest absolute Gasteiger partial charge is 0.338 e. The first kappa shape index (κ1) is 13.4.